The lowest BCUT2D eigenvalue weighted by Crippen LogP contribution is -2.43. The SMILES string of the molecule is COc1ccc(CCNC(=O)C2CC3CCCCC3N2)cc1OC.Cl. The number of fused-ring (bicyclic) bond motifs is 1. The molecule has 2 aliphatic rings. The minimum Gasteiger partial charge on any atom is -0.493 e. The highest BCUT2D eigenvalue weighted by Gasteiger charge is 2.37. The van der Waals surface area contributed by atoms with Crippen molar-refractivity contribution in [2.75, 3.05) is 20.8 Å². The van der Waals surface area contributed by atoms with Crippen molar-refractivity contribution in [1.29, 1.82) is 0 Å². The molecule has 0 spiro atoms. The third-order valence-electron chi connectivity index (χ3n) is 5.34. The maximum absolute atomic E-state index is 12.4. The zero-order valence-corrected chi connectivity index (χ0v) is 15.9. The predicted octanol–water partition coefficient (Wildman–Crippen LogP) is 2.71. The smallest absolute Gasteiger partial charge is 0.237 e. The standard InChI is InChI=1S/C19H28N2O3.ClH/c1-23-17-8-7-13(11-18(17)24-2)9-10-20-19(22)16-12-14-5-3-4-6-15(14)21-16;/h7-8,11,14-16,21H,3-6,9-10,12H2,1-2H3,(H,20,22);1H. The van der Waals surface area contributed by atoms with Crippen LogP contribution in [-0.2, 0) is 11.2 Å². The minimum absolute atomic E-state index is 0. The summed E-state index contributed by atoms with van der Waals surface area (Å²) in [6.07, 6.45) is 6.88. The molecule has 2 N–H and O–H groups in total. The van der Waals surface area contributed by atoms with E-state index in [0.29, 0.717) is 18.5 Å². The van der Waals surface area contributed by atoms with E-state index in [1.165, 1.54) is 25.7 Å². The van der Waals surface area contributed by atoms with Gasteiger partial charge in [-0.3, -0.25) is 4.79 Å². The van der Waals surface area contributed by atoms with E-state index in [0.717, 1.165) is 29.9 Å². The summed E-state index contributed by atoms with van der Waals surface area (Å²) in [6.45, 7) is 0.641. The average molecular weight is 369 g/mol. The summed E-state index contributed by atoms with van der Waals surface area (Å²) in [7, 11) is 3.26. The molecule has 3 atom stereocenters. The highest BCUT2D eigenvalue weighted by atomic mass is 35.5. The van der Waals surface area contributed by atoms with Crippen LogP contribution in [0.4, 0.5) is 0 Å². The molecule has 140 valence electrons. The van der Waals surface area contributed by atoms with E-state index in [-0.39, 0.29) is 24.4 Å². The van der Waals surface area contributed by atoms with Crippen LogP contribution in [-0.4, -0.2) is 38.8 Å². The van der Waals surface area contributed by atoms with Gasteiger partial charge in [0, 0.05) is 12.6 Å². The molecular formula is C19H29ClN2O3. The van der Waals surface area contributed by atoms with Crippen LogP contribution in [0.2, 0.25) is 0 Å². The molecule has 1 heterocycles. The Morgan fingerprint density at radius 1 is 1.20 bits per heavy atom. The van der Waals surface area contributed by atoms with Crippen LogP contribution in [0.5, 0.6) is 11.5 Å². The first-order chi connectivity index (χ1) is 11.7. The highest BCUT2D eigenvalue weighted by Crippen LogP contribution is 2.33. The normalized spacial score (nSPS) is 24.8. The molecule has 3 unspecified atom stereocenters. The molecule has 1 saturated heterocycles. The highest BCUT2D eigenvalue weighted by molar-refractivity contribution is 5.85. The van der Waals surface area contributed by atoms with Gasteiger partial charge in [0.15, 0.2) is 11.5 Å². The molecule has 6 heteroatoms. The van der Waals surface area contributed by atoms with Gasteiger partial charge in [0.2, 0.25) is 5.91 Å². The van der Waals surface area contributed by atoms with Gasteiger partial charge >= 0.3 is 0 Å². The molecule has 0 bridgehead atoms. The number of benzene rings is 1. The summed E-state index contributed by atoms with van der Waals surface area (Å²) in [5.41, 5.74) is 1.13. The van der Waals surface area contributed by atoms with E-state index in [1.54, 1.807) is 14.2 Å². The number of halogens is 1. The predicted molar refractivity (Wildman–Crippen MR) is 101 cm³/mol. The van der Waals surface area contributed by atoms with E-state index < -0.39 is 0 Å². The quantitative estimate of drug-likeness (QED) is 0.810. The molecule has 5 nitrogen and oxygen atoms in total. The lowest BCUT2D eigenvalue weighted by Gasteiger charge is -2.24. The lowest BCUT2D eigenvalue weighted by molar-refractivity contribution is -0.122. The Balaban J connectivity index is 0.00000225. The largest absolute Gasteiger partial charge is 0.493 e. The fourth-order valence-corrected chi connectivity index (χ4v) is 4.01. The number of rotatable bonds is 6. The topological polar surface area (TPSA) is 59.6 Å². The van der Waals surface area contributed by atoms with Crippen molar-refractivity contribution < 1.29 is 14.3 Å². The second-order valence-electron chi connectivity index (χ2n) is 6.84. The molecule has 0 aromatic heterocycles. The van der Waals surface area contributed by atoms with Crippen LogP contribution in [0.15, 0.2) is 18.2 Å². The fourth-order valence-electron chi connectivity index (χ4n) is 4.01. The molecule has 2 fully saturated rings. The minimum atomic E-state index is -0.0106. The Bertz CT molecular complexity index is 568. The van der Waals surface area contributed by atoms with E-state index in [4.69, 9.17) is 9.47 Å². The average Bonchev–Trinajstić information content (AvgIpc) is 3.05. The van der Waals surface area contributed by atoms with Gasteiger partial charge in [-0.05, 0) is 49.3 Å². The van der Waals surface area contributed by atoms with Crippen molar-refractivity contribution in [2.24, 2.45) is 5.92 Å². The fraction of sp³-hybridized carbons (Fsp3) is 0.632. The zero-order chi connectivity index (χ0) is 16.9. The molecule has 1 aromatic rings. The van der Waals surface area contributed by atoms with E-state index in [9.17, 15) is 4.79 Å². The van der Waals surface area contributed by atoms with Crippen molar-refractivity contribution >= 4 is 18.3 Å². The monoisotopic (exact) mass is 368 g/mol. The zero-order valence-electron chi connectivity index (χ0n) is 15.0. The molecule has 1 aromatic carbocycles. The Morgan fingerprint density at radius 2 is 1.96 bits per heavy atom. The van der Waals surface area contributed by atoms with Crippen LogP contribution in [0, 0.1) is 5.92 Å². The summed E-state index contributed by atoms with van der Waals surface area (Å²) in [4.78, 5) is 12.4. The van der Waals surface area contributed by atoms with Gasteiger partial charge in [0.25, 0.3) is 0 Å². The molecule has 25 heavy (non-hydrogen) atoms. The molecule has 1 aliphatic heterocycles. The summed E-state index contributed by atoms with van der Waals surface area (Å²) in [5, 5.41) is 6.60. The Hall–Kier alpha value is -1.46. The number of methoxy groups -OCH3 is 2. The summed E-state index contributed by atoms with van der Waals surface area (Å²) in [6, 6.07) is 6.42. The van der Waals surface area contributed by atoms with Crippen LogP contribution < -0.4 is 20.1 Å². The van der Waals surface area contributed by atoms with Gasteiger partial charge < -0.3 is 20.1 Å². The number of amides is 1. The Morgan fingerprint density at radius 3 is 2.68 bits per heavy atom. The molecule has 1 saturated carbocycles. The second-order valence-corrected chi connectivity index (χ2v) is 6.84. The van der Waals surface area contributed by atoms with Crippen molar-refractivity contribution in [3.8, 4) is 11.5 Å². The van der Waals surface area contributed by atoms with E-state index in [1.807, 2.05) is 18.2 Å². The Labute approximate surface area is 156 Å². The number of hydrogen-bond donors (Lipinski definition) is 2. The van der Waals surface area contributed by atoms with Crippen molar-refractivity contribution in [3.63, 3.8) is 0 Å². The lowest BCUT2D eigenvalue weighted by atomic mass is 9.85. The van der Waals surface area contributed by atoms with Crippen molar-refractivity contribution in [2.45, 2.75) is 50.6 Å². The molecule has 1 amide bonds. The van der Waals surface area contributed by atoms with Gasteiger partial charge in [-0.1, -0.05) is 18.9 Å². The maximum Gasteiger partial charge on any atom is 0.237 e. The molecule has 3 rings (SSSR count). The first-order valence-electron chi connectivity index (χ1n) is 8.96. The van der Waals surface area contributed by atoms with Crippen molar-refractivity contribution in [3.05, 3.63) is 23.8 Å². The number of carbonyl (C=O) groups excluding carboxylic acids is 1. The number of hydrogen-bond acceptors (Lipinski definition) is 4. The third-order valence-corrected chi connectivity index (χ3v) is 5.34. The van der Waals surface area contributed by atoms with Gasteiger partial charge in [-0.25, -0.2) is 0 Å². The summed E-state index contributed by atoms with van der Waals surface area (Å²) >= 11 is 0. The van der Waals surface area contributed by atoms with Crippen molar-refractivity contribution in [1.82, 2.24) is 10.6 Å². The Kier molecular flexibility index (Phi) is 7.38. The van der Waals surface area contributed by atoms with Gasteiger partial charge in [-0.2, -0.15) is 0 Å². The maximum atomic E-state index is 12.4. The number of nitrogens with one attached hydrogen (secondary N) is 2. The van der Waals surface area contributed by atoms with Crippen LogP contribution >= 0.6 is 12.4 Å². The van der Waals surface area contributed by atoms with Crippen LogP contribution in [0.1, 0.15) is 37.7 Å². The van der Waals surface area contributed by atoms with E-state index >= 15 is 0 Å². The molecule has 1 aliphatic carbocycles. The van der Waals surface area contributed by atoms with Crippen LogP contribution in [0.3, 0.4) is 0 Å². The van der Waals surface area contributed by atoms with Crippen LogP contribution in [0.25, 0.3) is 0 Å². The first-order valence-corrected chi connectivity index (χ1v) is 8.96. The first kappa shape index (κ1) is 19.9. The number of ether oxygens (including phenoxy) is 2. The van der Waals surface area contributed by atoms with E-state index in [2.05, 4.69) is 10.6 Å². The summed E-state index contributed by atoms with van der Waals surface area (Å²) in [5.74, 6) is 2.29. The van der Waals surface area contributed by atoms with Gasteiger partial charge in [0.1, 0.15) is 0 Å². The molecule has 0 radical (unpaired) electrons. The molecular weight excluding hydrogens is 340 g/mol. The van der Waals surface area contributed by atoms with Gasteiger partial charge in [-0.15, -0.1) is 12.4 Å². The van der Waals surface area contributed by atoms with Gasteiger partial charge in [0.05, 0.1) is 20.3 Å². The third kappa shape index (κ3) is 4.79. The summed E-state index contributed by atoms with van der Waals surface area (Å²) < 4.78 is 10.6. The second kappa shape index (κ2) is 9.30. The number of carbonyl (C=O) groups is 1.